The van der Waals surface area contributed by atoms with Crippen molar-refractivity contribution < 1.29 is 14.5 Å². The van der Waals surface area contributed by atoms with Gasteiger partial charge in [0.05, 0.1) is 4.92 Å². The first-order valence-corrected chi connectivity index (χ1v) is 9.47. The molecular formula is C22H19N3O4S. The number of nitro groups is 1. The molecule has 3 aromatic carbocycles. The van der Waals surface area contributed by atoms with E-state index in [2.05, 4.69) is 10.6 Å². The maximum absolute atomic E-state index is 12.5. The highest BCUT2D eigenvalue weighted by Crippen LogP contribution is 2.21. The van der Waals surface area contributed by atoms with Crippen LogP contribution in [0.5, 0.6) is 5.75 Å². The highest BCUT2D eigenvalue weighted by molar-refractivity contribution is 7.80. The van der Waals surface area contributed by atoms with Crippen molar-refractivity contribution in [3.8, 4) is 5.75 Å². The molecule has 0 aliphatic heterocycles. The number of benzene rings is 3. The minimum atomic E-state index is -0.469. The molecule has 0 spiro atoms. The van der Waals surface area contributed by atoms with Crippen molar-refractivity contribution in [1.29, 1.82) is 0 Å². The Kier molecular flexibility index (Phi) is 6.71. The van der Waals surface area contributed by atoms with Crippen molar-refractivity contribution >= 4 is 34.6 Å². The number of thiocarbonyl (C=S) groups is 1. The lowest BCUT2D eigenvalue weighted by molar-refractivity contribution is -0.384. The summed E-state index contributed by atoms with van der Waals surface area (Å²) in [5, 5.41) is 16.4. The average Bonchev–Trinajstić information content (AvgIpc) is 2.74. The molecule has 0 aliphatic rings. The predicted octanol–water partition coefficient (Wildman–Crippen LogP) is 4.61. The second-order valence-corrected chi connectivity index (χ2v) is 6.87. The Bertz CT molecular complexity index is 1090. The number of carbonyl (C=O) groups excluding carboxylic acids is 1. The van der Waals surface area contributed by atoms with Gasteiger partial charge in [0, 0.05) is 23.4 Å². The van der Waals surface area contributed by atoms with Crippen LogP contribution in [-0.2, 0) is 6.61 Å². The van der Waals surface area contributed by atoms with Gasteiger partial charge in [0.1, 0.15) is 12.4 Å². The van der Waals surface area contributed by atoms with Gasteiger partial charge in [-0.05, 0) is 54.5 Å². The van der Waals surface area contributed by atoms with Gasteiger partial charge in [0.2, 0.25) is 0 Å². The number of aryl methyl sites for hydroxylation is 1. The molecule has 3 aromatic rings. The van der Waals surface area contributed by atoms with E-state index in [9.17, 15) is 14.9 Å². The fourth-order valence-electron chi connectivity index (χ4n) is 2.70. The summed E-state index contributed by atoms with van der Waals surface area (Å²) < 4.78 is 5.75. The molecule has 0 saturated heterocycles. The third-order valence-corrected chi connectivity index (χ3v) is 4.44. The van der Waals surface area contributed by atoms with E-state index in [1.165, 1.54) is 12.1 Å². The number of nitrogens with one attached hydrogen (secondary N) is 2. The van der Waals surface area contributed by atoms with Gasteiger partial charge in [-0.25, -0.2) is 0 Å². The van der Waals surface area contributed by atoms with Crippen molar-refractivity contribution in [2.75, 3.05) is 5.32 Å². The van der Waals surface area contributed by atoms with Crippen molar-refractivity contribution in [3.63, 3.8) is 0 Å². The lowest BCUT2D eigenvalue weighted by Crippen LogP contribution is -2.34. The summed E-state index contributed by atoms with van der Waals surface area (Å²) in [6.07, 6.45) is 0. The smallest absolute Gasteiger partial charge is 0.269 e. The fourth-order valence-corrected chi connectivity index (χ4v) is 2.90. The first kappa shape index (κ1) is 20.9. The lowest BCUT2D eigenvalue weighted by atomic mass is 10.2. The van der Waals surface area contributed by atoms with Crippen LogP contribution in [0, 0.1) is 17.0 Å². The summed E-state index contributed by atoms with van der Waals surface area (Å²) in [6.45, 7) is 2.11. The van der Waals surface area contributed by atoms with E-state index < -0.39 is 10.8 Å². The minimum absolute atomic E-state index is 0.0136. The van der Waals surface area contributed by atoms with Gasteiger partial charge in [0.25, 0.3) is 11.6 Å². The van der Waals surface area contributed by atoms with E-state index in [0.29, 0.717) is 29.2 Å². The van der Waals surface area contributed by atoms with Gasteiger partial charge >= 0.3 is 0 Å². The molecular weight excluding hydrogens is 402 g/mol. The van der Waals surface area contributed by atoms with Crippen LogP contribution in [0.25, 0.3) is 0 Å². The van der Waals surface area contributed by atoms with Crippen LogP contribution >= 0.6 is 12.2 Å². The van der Waals surface area contributed by atoms with Crippen molar-refractivity contribution in [2.24, 2.45) is 0 Å². The first-order chi connectivity index (χ1) is 14.4. The second kappa shape index (κ2) is 9.62. The number of ether oxygens (including phenoxy) is 1. The Morgan fingerprint density at radius 3 is 2.53 bits per heavy atom. The summed E-state index contributed by atoms with van der Waals surface area (Å²) in [5.74, 6) is 0.175. The van der Waals surface area contributed by atoms with Crippen molar-refractivity contribution in [3.05, 3.63) is 99.6 Å². The number of nitro benzene ring substituents is 1. The number of nitrogens with zero attached hydrogens (tertiary/aromatic N) is 1. The molecule has 0 atom stereocenters. The zero-order valence-electron chi connectivity index (χ0n) is 16.1. The maximum atomic E-state index is 12.5. The van der Waals surface area contributed by atoms with Crippen LogP contribution in [0.3, 0.4) is 0 Å². The number of amides is 1. The fraction of sp³-hybridized carbons (Fsp3) is 0.0909. The molecule has 1 amide bonds. The Morgan fingerprint density at radius 2 is 1.83 bits per heavy atom. The quantitative estimate of drug-likeness (QED) is 0.343. The predicted molar refractivity (Wildman–Crippen MR) is 119 cm³/mol. The Balaban J connectivity index is 1.60. The zero-order valence-corrected chi connectivity index (χ0v) is 16.9. The second-order valence-electron chi connectivity index (χ2n) is 6.47. The van der Waals surface area contributed by atoms with Gasteiger partial charge in [-0.15, -0.1) is 0 Å². The molecule has 0 saturated carbocycles. The molecule has 152 valence electrons. The van der Waals surface area contributed by atoms with E-state index in [0.717, 1.165) is 5.56 Å². The van der Waals surface area contributed by atoms with Crippen LogP contribution in [0.1, 0.15) is 21.5 Å². The summed E-state index contributed by atoms with van der Waals surface area (Å²) in [7, 11) is 0. The Hall–Kier alpha value is -3.78. The van der Waals surface area contributed by atoms with E-state index >= 15 is 0 Å². The number of anilines is 1. The van der Waals surface area contributed by atoms with Gasteiger partial charge in [-0.3, -0.25) is 20.2 Å². The normalized spacial score (nSPS) is 10.2. The summed E-state index contributed by atoms with van der Waals surface area (Å²) in [4.78, 5) is 22.9. The van der Waals surface area contributed by atoms with Crippen LogP contribution in [0.4, 0.5) is 11.4 Å². The SMILES string of the molecule is Cc1cc([N+](=O)[O-])ccc1NC(=S)NC(=O)c1cccc(OCc2ccccc2)c1. The lowest BCUT2D eigenvalue weighted by Gasteiger charge is -2.12. The molecule has 3 rings (SSSR count). The number of carbonyl (C=O) groups is 1. The van der Waals surface area contributed by atoms with Gasteiger partial charge in [-0.2, -0.15) is 0 Å². The molecule has 30 heavy (non-hydrogen) atoms. The van der Waals surface area contributed by atoms with E-state index in [4.69, 9.17) is 17.0 Å². The van der Waals surface area contributed by atoms with Crippen LogP contribution < -0.4 is 15.4 Å². The molecule has 0 radical (unpaired) electrons. The Morgan fingerprint density at radius 1 is 1.07 bits per heavy atom. The van der Waals surface area contributed by atoms with Crippen molar-refractivity contribution in [1.82, 2.24) is 5.32 Å². The third kappa shape index (κ3) is 5.62. The van der Waals surface area contributed by atoms with Crippen LogP contribution in [0.2, 0.25) is 0 Å². The van der Waals surface area contributed by atoms with Gasteiger partial charge < -0.3 is 10.1 Å². The molecule has 0 bridgehead atoms. The number of non-ortho nitro benzene ring substituents is 1. The topological polar surface area (TPSA) is 93.5 Å². The largest absolute Gasteiger partial charge is 0.489 e. The number of rotatable bonds is 6. The van der Waals surface area contributed by atoms with Gasteiger partial charge in [-0.1, -0.05) is 36.4 Å². The van der Waals surface area contributed by atoms with Crippen LogP contribution in [-0.4, -0.2) is 15.9 Å². The molecule has 0 fully saturated rings. The van der Waals surface area contributed by atoms with E-state index in [1.807, 2.05) is 30.3 Å². The molecule has 2 N–H and O–H groups in total. The van der Waals surface area contributed by atoms with Gasteiger partial charge in [0.15, 0.2) is 5.11 Å². The highest BCUT2D eigenvalue weighted by atomic mass is 32.1. The average molecular weight is 421 g/mol. The third-order valence-electron chi connectivity index (χ3n) is 4.24. The monoisotopic (exact) mass is 421 g/mol. The molecule has 7 nitrogen and oxygen atoms in total. The number of hydrogen-bond acceptors (Lipinski definition) is 5. The minimum Gasteiger partial charge on any atom is -0.489 e. The first-order valence-electron chi connectivity index (χ1n) is 9.06. The molecule has 0 aliphatic carbocycles. The summed E-state index contributed by atoms with van der Waals surface area (Å²) >= 11 is 5.20. The standard InChI is InChI=1S/C22H19N3O4S/c1-15-12-18(25(27)28)10-11-20(15)23-22(30)24-21(26)17-8-5-9-19(13-17)29-14-16-6-3-2-4-7-16/h2-13H,14H2,1H3,(H2,23,24,26,30). The zero-order chi connectivity index (χ0) is 21.5. The highest BCUT2D eigenvalue weighted by Gasteiger charge is 2.12. The number of hydrogen-bond donors (Lipinski definition) is 2. The van der Waals surface area contributed by atoms with E-state index in [1.54, 1.807) is 37.3 Å². The summed E-state index contributed by atoms with van der Waals surface area (Å²) in [6, 6.07) is 20.9. The van der Waals surface area contributed by atoms with Crippen LogP contribution in [0.15, 0.2) is 72.8 Å². The van der Waals surface area contributed by atoms with Crippen molar-refractivity contribution in [2.45, 2.75) is 13.5 Å². The molecule has 0 heterocycles. The molecule has 8 heteroatoms. The van der Waals surface area contributed by atoms with E-state index in [-0.39, 0.29) is 10.8 Å². The maximum Gasteiger partial charge on any atom is 0.269 e. The Labute approximate surface area is 178 Å². The summed E-state index contributed by atoms with van der Waals surface area (Å²) in [5.41, 5.74) is 2.62. The molecule has 0 aromatic heterocycles. The molecule has 0 unspecified atom stereocenters.